The monoisotopic (exact) mass is 423 g/mol. The molecule has 6 heteroatoms. The van der Waals surface area contributed by atoms with E-state index in [1.807, 2.05) is 12.1 Å². The van der Waals surface area contributed by atoms with Crippen LogP contribution in [0.25, 0.3) is 28.0 Å². The van der Waals surface area contributed by atoms with Crippen LogP contribution >= 0.6 is 0 Å². The minimum Gasteiger partial charge on any atom is -0.332 e. The molecule has 0 bridgehead atoms. The minimum atomic E-state index is 0.0957. The summed E-state index contributed by atoms with van der Waals surface area (Å²) >= 11 is 0. The number of hydrogen-bond acceptors (Lipinski definition) is 5. The van der Waals surface area contributed by atoms with Gasteiger partial charge in [-0.05, 0) is 62.1 Å². The molecule has 2 atom stereocenters. The van der Waals surface area contributed by atoms with Gasteiger partial charge in [0, 0.05) is 41.0 Å². The predicted octanol–water partition coefficient (Wildman–Crippen LogP) is 5.08. The maximum absolute atomic E-state index is 5.90. The lowest BCUT2D eigenvalue weighted by Gasteiger charge is -2.53. The number of benzene rings is 1. The number of nitrogens with zero attached hydrogens (tertiary/aromatic N) is 5. The number of fused-ring (bicyclic) bond motifs is 3. The van der Waals surface area contributed by atoms with Crippen LogP contribution in [-0.4, -0.2) is 37.7 Å². The highest BCUT2D eigenvalue weighted by atomic mass is 16.5. The molecule has 0 N–H and O–H groups in total. The van der Waals surface area contributed by atoms with Crippen molar-refractivity contribution in [1.82, 2.24) is 24.6 Å². The Labute approximate surface area is 186 Å². The van der Waals surface area contributed by atoms with Crippen LogP contribution in [0.1, 0.15) is 49.4 Å². The average Bonchev–Trinajstić information content (AvgIpc) is 3.47. The molecule has 1 saturated heterocycles. The first-order chi connectivity index (χ1) is 15.8. The molecule has 7 rings (SSSR count). The van der Waals surface area contributed by atoms with Gasteiger partial charge >= 0.3 is 0 Å². The Balaban J connectivity index is 1.50. The fourth-order valence-electron chi connectivity index (χ4n) is 6.38. The summed E-state index contributed by atoms with van der Waals surface area (Å²) < 4.78 is 8.32. The van der Waals surface area contributed by atoms with Crippen molar-refractivity contribution in [2.75, 3.05) is 13.1 Å². The van der Waals surface area contributed by atoms with E-state index in [2.05, 4.69) is 56.9 Å². The molecule has 3 aliphatic heterocycles. The van der Waals surface area contributed by atoms with E-state index < -0.39 is 0 Å². The summed E-state index contributed by atoms with van der Waals surface area (Å²) in [5.41, 5.74) is 6.24. The van der Waals surface area contributed by atoms with Gasteiger partial charge in [0.2, 0.25) is 5.82 Å². The highest BCUT2D eigenvalue weighted by Crippen LogP contribution is 2.57. The molecule has 0 aliphatic carbocycles. The minimum absolute atomic E-state index is 0.0957. The Morgan fingerprint density at radius 1 is 1.12 bits per heavy atom. The summed E-state index contributed by atoms with van der Waals surface area (Å²) in [6, 6.07) is 13.0. The average molecular weight is 424 g/mol. The predicted molar refractivity (Wildman–Crippen MR) is 123 cm³/mol. The molecule has 6 heterocycles. The Bertz CT molecular complexity index is 1370. The molecule has 0 saturated carbocycles. The number of rotatable bonds is 3. The molecule has 0 radical (unpaired) electrons. The molecule has 4 aromatic rings. The Morgan fingerprint density at radius 2 is 2.00 bits per heavy atom. The third-order valence-corrected chi connectivity index (χ3v) is 7.83. The lowest BCUT2D eigenvalue weighted by molar-refractivity contribution is 0.0269. The van der Waals surface area contributed by atoms with E-state index in [4.69, 9.17) is 9.51 Å². The SMILES string of the molecule is CC[C@@]12C=C(c3nc(-c4ccncc4)no3)n3c4c(c5ccccc53)CCN(CCC1)[C@H]42. The second-order valence-corrected chi connectivity index (χ2v) is 9.28. The summed E-state index contributed by atoms with van der Waals surface area (Å²) in [4.78, 5) is 11.7. The Hall–Kier alpha value is -3.25. The summed E-state index contributed by atoms with van der Waals surface area (Å²) in [7, 11) is 0. The van der Waals surface area contributed by atoms with Crippen molar-refractivity contribution in [3.05, 3.63) is 72.0 Å². The van der Waals surface area contributed by atoms with Crippen molar-refractivity contribution in [3.8, 4) is 11.4 Å². The number of para-hydroxylation sites is 1. The molecule has 0 amide bonds. The second kappa shape index (κ2) is 6.62. The molecule has 1 fully saturated rings. The first-order valence-corrected chi connectivity index (χ1v) is 11.6. The van der Waals surface area contributed by atoms with E-state index in [9.17, 15) is 0 Å². The zero-order valence-corrected chi connectivity index (χ0v) is 18.2. The van der Waals surface area contributed by atoms with Crippen LogP contribution in [0.4, 0.5) is 0 Å². The Morgan fingerprint density at radius 3 is 2.88 bits per heavy atom. The zero-order chi connectivity index (χ0) is 21.3. The van der Waals surface area contributed by atoms with Crippen LogP contribution in [0.15, 0.2) is 59.4 Å². The lowest BCUT2D eigenvalue weighted by atomic mass is 9.66. The van der Waals surface area contributed by atoms with Crippen LogP contribution in [0.5, 0.6) is 0 Å². The van der Waals surface area contributed by atoms with Crippen LogP contribution < -0.4 is 0 Å². The van der Waals surface area contributed by atoms with Gasteiger partial charge in [0.1, 0.15) is 5.70 Å². The normalized spacial score (nSPS) is 24.4. The van der Waals surface area contributed by atoms with Gasteiger partial charge in [-0.3, -0.25) is 9.88 Å². The molecule has 160 valence electrons. The van der Waals surface area contributed by atoms with Crippen molar-refractivity contribution in [3.63, 3.8) is 0 Å². The van der Waals surface area contributed by atoms with Gasteiger partial charge in [0.25, 0.3) is 5.89 Å². The number of piperidine rings is 1. The van der Waals surface area contributed by atoms with Crippen molar-refractivity contribution < 1.29 is 4.52 Å². The summed E-state index contributed by atoms with van der Waals surface area (Å²) in [6.07, 6.45) is 10.6. The highest BCUT2D eigenvalue weighted by Gasteiger charge is 2.50. The van der Waals surface area contributed by atoms with E-state index in [0.717, 1.165) is 30.6 Å². The quantitative estimate of drug-likeness (QED) is 0.460. The first kappa shape index (κ1) is 18.3. The van der Waals surface area contributed by atoms with E-state index in [1.165, 1.54) is 41.5 Å². The maximum atomic E-state index is 5.90. The van der Waals surface area contributed by atoms with Gasteiger partial charge in [-0.15, -0.1) is 0 Å². The van der Waals surface area contributed by atoms with Crippen LogP contribution in [-0.2, 0) is 6.42 Å². The number of hydrogen-bond donors (Lipinski definition) is 0. The molecule has 3 aliphatic rings. The van der Waals surface area contributed by atoms with E-state index >= 15 is 0 Å². The van der Waals surface area contributed by atoms with E-state index in [1.54, 1.807) is 12.4 Å². The summed E-state index contributed by atoms with van der Waals surface area (Å²) in [5, 5.41) is 5.69. The highest BCUT2D eigenvalue weighted by molar-refractivity contribution is 5.91. The molecule has 1 aromatic carbocycles. The van der Waals surface area contributed by atoms with Crippen LogP contribution in [0.2, 0.25) is 0 Å². The summed E-state index contributed by atoms with van der Waals surface area (Å²) in [5.74, 6) is 1.20. The molecule has 0 spiro atoms. The van der Waals surface area contributed by atoms with Crippen LogP contribution in [0, 0.1) is 5.41 Å². The van der Waals surface area contributed by atoms with Gasteiger partial charge in [-0.1, -0.05) is 30.3 Å². The molecule has 0 unspecified atom stereocenters. The van der Waals surface area contributed by atoms with Crippen LogP contribution in [0.3, 0.4) is 0 Å². The third kappa shape index (κ3) is 2.36. The smallest absolute Gasteiger partial charge is 0.274 e. The fraction of sp³-hybridized carbons (Fsp3) is 0.346. The van der Waals surface area contributed by atoms with Gasteiger partial charge in [-0.2, -0.15) is 4.98 Å². The molecule has 6 nitrogen and oxygen atoms in total. The molecule has 3 aromatic heterocycles. The molecular weight excluding hydrogens is 398 g/mol. The Kier molecular flexibility index (Phi) is 3.80. The van der Waals surface area contributed by atoms with Gasteiger partial charge in [-0.25, -0.2) is 0 Å². The van der Waals surface area contributed by atoms with Gasteiger partial charge in [0.15, 0.2) is 0 Å². The lowest BCUT2D eigenvalue weighted by Crippen LogP contribution is -2.50. The largest absolute Gasteiger partial charge is 0.332 e. The number of pyridine rings is 1. The van der Waals surface area contributed by atoms with Crippen molar-refractivity contribution >= 4 is 16.6 Å². The fourth-order valence-corrected chi connectivity index (χ4v) is 6.38. The van der Waals surface area contributed by atoms with E-state index in [-0.39, 0.29) is 5.41 Å². The van der Waals surface area contributed by atoms with Crippen molar-refractivity contribution in [1.29, 1.82) is 0 Å². The topological polar surface area (TPSA) is 60.0 Å². The maximum Gasteiger partial charge on any atom is 0.274 e. The van der Waals surface area contributed by atoms with Crippen molar-refractivity contribution in [2.45, 2.75) is 38.6 Å². The zero-order valence-electron chi connectivity index (χ0n) is 18.2. The standard InChI is InChI=1S/C26H25N5O/c1-2-26-11-5-14-30-15-10-19-18-6-3-4-7-20(18)31(22(19)23(26)30)21(16-26)25-28-24(29-32-25)17-8-12-27-13-9-17/h3-4,6-9,12-13,16,23H,2,5,10-11,14-15H2,1H3/t23-,26+/m1/s1. The first-order valence-electron chi connectivity index (χ1n) is 11.6. The van der Waals surface area contributed by atoms with E-state index in [0.29, 0.717) is 17.8 Å². The number of aromatic nitrogens is 4. The molecular formula is C26H25N5O. The molecule has 32 heavy (non-hydrogen) atoms. The van der Waals surface area contributed by atoms with Gasteiger partial charge in [0.05, 0.1) is 11.6 Å². The van der Waals surface area contributed by atoms with Gasteiger partial charge < -0.3 is 9.09 Å². The second-order valence-electron chi connectivity index (χ2n) is 9.28. The van der Waals surface area contributed by atoms with Crippen molar-refractivity contribution in [2.24, 2.45) is 5.41 Å². The summed E-state index contributed by atoms with van der Waals surface area (Å²) in [6.45, 7) is 4.66. The third-order valence-electron chi connectivity index (χ3n) is 7.83.